The molecule has 1 aliphatic rings. The molecular formula is C23H24O3. The molecule has 0 unspecified atom stereocenters. The SMILES string of the molecule is CCOC(=O)[C@@H]1C(=O)C=C(c2cccc(C)c2)C[C@H]1c1cccc(C)c1. The third-order valence-corrected chi connectivity index (χ3v) is 4.86. The van der Waals surface area contributed by atoms with E-state index in [0.717, 1.165) is 27.8 Å². The van der Waals surface area contributed by atoms with Gasteiger partial charge in [0.25, 0.3) is 0 Å². The zero-order valence-electron chi connectivity index (χ0n) is 15.5. The van der Waals surface area contributed by atoms with E-state index in [2.05, 4.69) is 12.1 Å². The molecule has 134 valence electrons. The van der Waals surface area contributed by atoms with Crippen LogP contribution in [0, 0.1) is 19.8 Å². The van der Waals surface area contributed by atoms with Crippen molar-refractivity contribution in [2.24, 2.45) is 5.92 Å². The molecule has 0 saturated heterocycles. The third kappa shape index (κ3) is 3.77. The van der Waals surface area contributed by atoms with Gasteiger partial charge in [-0.25, -0.2) is 0 Å². The Hall–Kier alpha value is -2.68. The standard InChI is InChI=1S/C23H24O3/c1-4-26-23(25)22-20(18-10-6-8-16(3)12-18)13-19(14-21(22)24)17-9-5-7-15(2)11-17/h5-12,14,20,22H,4,13H2,1-3H3/t20-,22-/m0/s1. The highest BCUT2D eigenvalue weighted by molar-refractivity contribution is 6.10. The van der Waals surface area contributed by atoms with Crippen LogP contribution in [0.3, 0.4) is 0 Å². The fourth-order valence-electron chi connectivity index (χ4n) is 3.64. The molecule has 0 amide bonds. The molecule has 0 bridgehead atoms. The zero-order valence-corrected chi connectivity index (χ0v) is 15.5. The second-order valence-electron chi connectivity index (χ2n) is 6.90. The van der Waals surface area contributed by atoms with Crippen LogP contribution in [-0.2, 0) is 14.3 Å². The van der Waals surface area contributed by atoms with Gasteiger partial charge in [-0.05, 0) is 50.0 Å². The van der Waals surface area contributed by atoms with Crippen LogP contribution in [0.4, 0.5) is 0 Å². The quantitative estimate of drug-likeness (QED) is 0.598. The Labute approximate surface area is 154 Å². The summed E-state index contributed by atoms with van der Waals surface area (Å²) in [5.74, 6) is -1.58. The van der Waals surface area contributed by atoms with Crippen LogP contribution in [0.25, 0.3) is 5.57 Å². The number of allylic oxidation sites excluding steroid dienone is 2. The number of ether oxygens (including phenoxy) is 1. The van der Waals surface area contributed by atoms with Gasteiger partial charge in [-0.1, -0.05) is 59.7 Å². The number of esters is 1. The molecule has 26 heavy (non-hydrogen) atoms. The lowest BCUT2D eigenvalue weighted by Crippen LogP contribution is -2.34. The van der Waals surface area contributed by atoms with Crippen molar-refractivity contribution >= 4 is 17.3 Å². The highest BCUT2D eigenvalue weighted by Crippen LogP contribution is 2.40. The molecule has 0 fully saturated rings. The minimum Gasteiger partial charge on any atom is -0.465 e. The average molecular weight is 348 g/mol. The molecule has 2 aromatic carbocycles. The summed E-state index contributed by atoms with van der Waals surface area (Å²) in [6.07, 6.45) is 2.27. The number of hydrogen-bond acceptors (Lipinski definition) is 3. The van der Waals surface area contributed by atoms with Crippen molar-refractivity contribution in [3.63, 3.8) is 0 Å². The maximum absolute atomic E-state index is 12.9. The Morgan fingerprint density at radius 2 is 1.77 bits per heavy atom. The van der Waals surface area contributed by atoms with E-state index in [1.165, 1.54) is 0 Å². The molecule has 0 heterocycles. The Kier molecular flexibility index (Phi) is 5.36. The fourth-order valence-corrected chi connectivity index (χ4v) is 3.64. The molecule has 3 rings (SSSR count). The summed E-state index contributed by atoms with van der Waals surface area (Å²) in [7, 11) is 0. The summed E-state index contributed by atoms with van der Waals surface area (Å²) in [6, 6.07) is 16.2. The van der Waals surface area contributed by atoms with Crippen LogP contribution in [0.15, 0.2) is 54.6 Å². The van der Waals surface area contributed by atoms with Gasteiger partial charge >= 0.3 is 5.97 Å². The van der Waals surface area contributed by atoms with Crippen molar-refractivity contribution < 1.29 is 14.3 Å². The van der Waals surface area contributed by atoms with Crippen LogP contribution in [-0.4, -0.2) is 18.4 Å². The van der Waals surface area contributed by atoms with Gasteiger partial charge in [-0.15, -0.1) is 0 Å². The topological polar surface area (TPSA) is 43.4 Å². The second kappa shape index (κ2) is 7.69. The van der Waals surface area contributed by atoms with Gasteiger partial charge in [0.2, 0.25) is 0 Å². The van der Waals surface area contributed by atoms with E-state index in [1.807, 2.05) is 50.2 Å². The average Bonchev–Trinajstić information content (AvgIpc) is 2.61. The minimum atomic E-state index is -0.773. The molecular weight excluding hydrogens is 324 g/mol. The maximum Gasteiger partial charge on any atom is 0.317 e. The lowest BCUT2D eigenvalue weighted by Gasteiger charge is -2.29. The summed E-state index contributed by atoms with van der Waals surface area (Å²) in [6.45, 7) is 6.09. The zero-order chi connectivity index (χ0) is 18.7. The maximum atomic E-state index is 12.9. The highest BCUT2D eigenvalue weighted by Gasteiger charge is 2.39. The first kappa shape index (κ1) is 18.1. The summed E-state index contributed by atoms with van der Waals surface area (Å²) in [5, 5.41) is 0. The molecule has 3 heteroatoms. The molecule has 0 N–H and O–H groups in total. The Morgan fingerprint density at radius 3 is 2.42 bits per heavy atom. The number of rotatable bonds is 4. The molecule has 0 radical (unpaired) electrons. The van der Waals surface area contributed by atoms with Crippen molar-refractivity contribution in [1.29, 1.82) is 0 Å². The van der Waals surface area contributed by atoms with Crippen molar-refractivity contribution in [2.75, 3.05) is 6.61 Å². The van der Waals surface area contributed by atoms with Crippen molar-refractivity contribution in [3.05, 3.63) is 76.9 Å². The smallest absolute Gasteiger partial charge is 0.317 e. The summed E-state index contributed by atoms with van der Waals surface area (Å²) in [5.41, 5.74) is 5.29. The monoisotopic (exact) mass is 348 g/mol. The van der Waals surface area contributed by atoms with Gasteiger partial charge in [-0.3, -0.25) is 9.59 Å². The van der Waals surface area contributed by atoms with Crippen molar-refractivity contribution in [2.45, 2.75) is 33.1 Å². The fraction of sp³-hybridized carbons (Fsp3) is 0.304. The van der Waals surface area contributed by atoms with Crippen LogP contribution in [0.2, 0.25) is 0 Å². The van der Waals surface area contributed by atoms with E-state index in [1.54, 1.807) is 13.0 Å². The van der Waals surface area contributed by atoms with Crippen LogP contribution in [0.1, 0.15) is 41.5 Å². The van der Waals surface area contributed by atoms with Gasteiger partial charge in [0.15, 0.2) is 5.78 Å². The van der Waals surface area contributed by atoms with E-state index in [0.29, 0.717) is 6.42 Å². The first-order valence-corrected chi connectivity index (χ1v) is 9.04. The number of hydrogen-bond donors (Lipinski definition) is 0. The van der Waals surface area contributed by atoms with Crippen LogP contribution >= 0.6 is 0 Å². The number of benzene rings is 2. The molecule has 2 aromatic rings. The Bertz CT molecular complexity index is 863. The first-order valence-electron chi connectivity index (χ1n) is 9.04. The van der Waals surface area contributed by atoms with Gasteiger partial charge in [0.1, 0.15) is 5.92 Å². The lowest BCUT2D eigenvalue weighted by atomic mass is 9.73. The molecule has 0 spiro atoms. The van der Waals surface area contributed by atoms with Gasteiger partial charge in [0, 0.05) is 5.92 Å². The van der Waals surface area contributed by atoms with Gasteiger partial charge < -0.3 is 4.74 Å². The largest absolute Gasteiger partial charge is 0.465 e. The van der Waals surface area contributed by atoms with E-state index in [-0.39, 0.29) is 18.3 Å². The predicted octanol–water partition coefficient (Wildman–Crippen LogP) is 4.62. The first-order chi connectivity index (χ1) is 12.5. The molecule has 2 atom stereocenters. The van der Waals surface area contributed by atoms with Gasteiger partial charge in [-0.2, -0.15) is 0 Å². The molecule has 3 nitrogen and oxygen atoms in total. The van der Waals surface area contributed by atoms with Crippen LogP contribution in [0.5, 0.6) is 0 Å². The highest BCUT2D eigenvalue weighted by atomic mass is 16.5. The molecule has 0 aromatic heterocycles. The molecule has 0 saturated carbocycles. The summed E-state index contributed by atoms with van der Waals surface area (Å²) in [4.78, 5) is 25.4. The normalized spacial score (nSPS) is 19.8. The molecule has 1 aliphatic carbocycles. The Balaban J connectivity index is 2.04. The van der Waals surface area contributed by atoms with Crippen molar-refractivity contribution in [1.82, 2.24) is 0 Å². The Morgan fingerprint density at radius 1 is 1.08 bits per heavy atom. The van der Waals surface area contributed by atoms with Crippen molar-refractivity contribution in [3.8, 4) is 0 Å². The number of carbonyl (C=O) groups is 2. The van der Waals surface area contributed by atoms with Crippen LogP contribution < -0.4 is 0 Å². The third-order valence-electron chi connectivity index (χ3n) is 4.86. The molecule has 0 aliphatic heterocycles. The lowest BCUT2D eigenvalue weighted by molar-refractivity contribution is -0.151. The van der Waals surface area contributed by atoms with E-state index >= 15 is 0 Å². The number of ketones is 1. The van der Waals surface area contributed by atoms with E-state index in [9.17, 15) is 9.59 Å². The van der Waals surface area contributed by atoms with E-state index < -0.39 is 11.9 Å². The summed E-state index contributed by atoms with van der Waals surface area (Å²) < 4.78 is 5.20. The second-order valence-corrected chi connectivity index (χ2v) is 6.90. The number of aryl methyl sites for hydroxylation is 2. The van der Waals surface area contributed by atoms with E-state index in [4.69, 9.17) is 4.74 Å². The summed E-state index contributed by atoms with van der Waals surface area (Å²) >= 11 is 0. The predicted molar refractivity (Wildman–Crippen MR) is 103 cm³/mol. The number of carbonyl (C=O) groups excluding carboxylic acids is 2. The van der Waals surface area contributed by atoms with Gasteiger partial charge in [0.05, 0.1) is 6.61 Å². The minimum absolute atomic E-state index is 0.169.